The number of alkyl halides is 1. The summed E-state index contributed by atoms with van der Waals surface area (Å²) in [7, 11) is 2.72. The Bertz CT molecular complexity index is 167. The molecule has 0 heterocycles. The van der Waals surface area contributed by atoms with Crippen LogP contribution in [0.4, 0.5) is 0 Å². The molecule has 56 valence electrons. The third-order valence-corrected chi connectivity index (χ3v) is 2.57. The predicted octanol–water partition coefficient (Wildman–Crippen LogP) is 0.641. The van der Waals surface area contributed by atoms with Crippen molar-refractivity contribution >= 4 is 31.5 Å². The van der Waals surface area contributed by atoms with Gasteiger partial charge in [0.1, 0.15) is 0 Å². The maximum absolute atomic E-state index is 10.4. The molecule has 0 aromatic rings. The highest BCUT2D eigenvalue weighted by Gasteiger charge is 2.11. The number of nitrogens with zero attached hydrogens (tertiary/aromatic N) is 1. The van der Waals surface area contributed by atoms with Gasteiger partial charge in [-0.25, -0.2) is 0 Å². The predicted molar refractivity (Wildman–Crippen MR) is 38.1 cm³/mol. The van der Waals surface area contributed by atoms with Crippen molar-refractivity contribution in [2.45, 2.75) is 0 Å². The second-order valence-corrected chi connectivity index (χ2v) is 4.45. The molecule has 0 aromatic carbocycles. The largest absolute Gasteiger partial charge is 0.299 e. The van der Waals surface area contributed by atoms with E-state index in [0.717, 1.165) is 4.31 Å². The highest BCUT2D eigenvalue weighted by molar-refractivity contribution is 8.11. The lowest BCUT2D eigenvalue weighted by molar-refractivity contribution is 0.503. The summed E-state index contributed by atoms with van der Waals surface area (Å²) < 4.78 is 21.7. The molecule has 0 aliphatic heterocycles. The van der Waals surface area contributed by atoms with Gasteiger partial charge in [-0.3, -0.25) is 0 Å². The summed E-state index contributed by atoms with van der Waals surface area (Å²) in [5, 5.41) is 0. The minimum Gasteiger partial charge on any atom is -0.195 e. The lowest BCUT2D eigenvalue weighted by atomic mass is 10.8. The molecule has 0 aliphatic rings. The van der Waals surface area contributed by atoms with Crippen LogP contribution in [0.15, 0.2) is 0 Å². The standard InChI is InChI=1S/C3H7Cl2NO2S/c1-6(3-2-4)9(5,7)8/h2-3H2,1H3. The highest BCUT2D eigenvalue weighted by Crippen LogP contribution is 2.01. The third-order valence-electron chi connectivity index (χ3n) is 0.772. The topological polar surface area (TPSA) is 37.4 Å². The molecule has 0 unspecified atom stereocenters. The van der Waals surface area contributed by atoms with Gasteiger partial charge in [-0.15, -0.1) is 11.6 Å². The monoisotopic (exact) mass is 191 g/mol. The van der Waals surface area contributed by atoms with E-state index in [1.54, 1.807) is 0 Å². The van der Waals surface area contributed by atoms with Crippen LogP contribution in [0.2, 0.25) is 0 Å². The van der Waals surface area contributed by atoms with Gasteiger partial charge in [-0.1, -0.05) is 0 Å². The average Bonchev–Trinajstić information content (AvgIpc) is 1.64. The zero-order valence-electron chi connectivity index (χ0n) is 4.84. The van der Waals surface area contributed by atoms with E-state index in [0.29, 0.717) is 0 Å². The van der Waals surface area contributed by atoms with E-state index in [-0.39, 0.29) is 12.4 Å². The van der Waals surface area contributed by atoms with Crippen LogP contribution >= 0.6 is 22.3 Å². The Kier molecular flexibility index (Phi) is 3.80. The summed E-state index contributed by atoms with van der Waals surface area (Å²) in [6, 6.07) is 0. The lowest BCUT2D eigenvalue weighted by Crippen LogP contribution is -2.24. The number of halogens is 2. The van der Waals surface area contributed by atoms with Gasteiger partial charge >= 0.3 is 0 Å². The summed E-state index contributed by atoms with van der Waals surface area (Å²) in [6.45, 7) is 0.243. The van der Waals surface area contributed by atoms with Crippen LogP contribution in [0.3, 0.4) is 0 Å². The van der Waals surface area contributed by atoms with E-state index >= 15 is 0 Å². The van der Waals surface area contributed by atoms with E-state index in [2.05, 4.69) is 0 Å². The SMILES string of the molecule is CN(CCCl)S(=O)(=O)Cl. The highest BCUT2D eigenvalue weighted by atomic mass is 35.7. The first-order valence-electron chi connectivity index (χ1n) is 2.20. The van der Waals surface area contributed by atoms with Gasteiger partial charge in [-0.05, 0) is 0 Å². The number of rotatable bonds is 3. The van der Waals surface area contributed by atoms with Crippen molar-refractivity contribution in [3.05, 3.63) is 0 Å². The van der Waals surface area contributed by atoms with Crippen molar-refractivity contribution in [1.82, 2.24) is 4.31 Å². The average molecular weight is 192 g/mol. The summed E-state index contributed by atoms with van der Waals surface area (Å²) in [4.78, 5) is 0. The van der Waals surface area contributed by atoms with Crippen molar-refractivity contribution in [3.63, 3.8) is 0 Å². The quantitative estimate of drug-likeness (QED) is 0.486. The Morgan fingerprint density at radius 1 is 1.56 bits per heavy atom. The summed E-state index contributed by atoms with van der Waals surface area (Å²) in [6.07, 6.45) is 0. The van der Waals surface area contributed by atoms with E-state index < -0.39 is 9.24 Å². The van der Waals surface area contributed by atoms with Gasteiger partial charge in [0.15, 0.2) is 0 Å². The first kappa shape index (κ1) is 9.49. The van der Waals surface area contributed by atoms with Crippen LogP contribution in [0.25, 0.3) is 0 Å². The Labute approximate surface area is 64.1 Å². The van der Waals surface area contributed by atoms with Crippen LogP contribution in [0.5, 0.6) is 0 Å². The summed E-state index contributed by atoms with van der Waals surface area (Å²) >= 11 is 5.24. The zero-order chi connectivity index (χ0) is 7.49. The fourth-order valence-electron chi connectivity index (χ4n) is 0.228. The number of hydrogen-bond acceptors (Lipinski definition) is 2. The molecule has 0 aliphatic carbocycles. The van der Waals surface area contributed by atoms with E-state index in [1.165, 1.54) is 7.05 Å². The lowest BCUT2D eigenvalue weighted by Gasteiger charge is -2.08. The van der Waals surface area contributed by atoms with Gasteiger partial charge in [0.05, 0.1) is 0 Å². The van der Waals surface area contributed by atoms with E-state index in [4.69, 9.17) is 22.3 Å². The van der Waals surface area contributed by atoms with Crippen molar-refractivity contribution in [2.75, 3.05) is 19.5 Å². The molecular formula is C3H7Cl2NO2S. The van der Waals surface area contributed by atoms with Crippen LogP contribution < -0.4 is 0 Å². The van der Waals surface area contributed by atoms with Crippen molar-refractivity contribution in [3.8, 4) is 0 Å². The second-order valence-electron chi connectivity index (χ2n) is 1.45. The minimum absolute atomic E-state index is 0.243. The second kappa shape index (κ2) is 3.61. The molecule has 0 aromatic heterocycles. The molecule has 6 heteroatoms. The fraction of sp³-hybridized carbons (Fsp3) is 1.00. The van der Waals surface area contributed by atoms with E-state index in [1.807, 2.05) is 0 Å². The van der Waals surface area contributed by atoms with Crippen LogP contribution in [0, 0.1) is 0 Å². The molecule has 0 amide bonds. The molecule has 0 spiro atoms. The van der Waals surface area contributed by atoms with Crippen LogP contribution in [0.1, 0.15) is 0 Å². The maximum atomic E-state index is 10.4. The third kappa shape index (κ3) is 3.97. The molecule has 0 atom stereocenters. The number of hydrogen-bond donors (Lipinski definition) is 0. The van der Waals surface area contributed by atoms with Gasteiger partial charge < -0.3 is 0 Å². The Balaban J connectivity index is 3.90. The smallest absolute Gasteiger partial charge is 0.195 e. The Hall–Kier alpha value is 0.490. The van der Waals surface area contributed by atoms with E-state index in [9.17, 15) is 8.42 Å². The Morgan fingerprint density at radius 2 is 2.00 bits per heavy atom. The molecule has 0 bridgehead atoms. The Morgan fingerprint density at radius 3 is 2.11 bits per heavy atom. The molecule has 9 heavy (non-hydrogen) atoms. The molecule has 0 rings (SSSR count). The van der Waals surface area contributed by atoms with Gasteiger partial charge in [-0.2, -0.15) is 12.7 Å². The molecule has 0 saturated carbocycles. The zero-order valence-corrected chi connectivity index (χ0v) is 7.17. The van der Waals surface area contributed by atoms with Crippen molar-refractivity contribution in [2.24, 2.45) is 0 Å². The molecule has 3 nitrogen and oxygen atoms in total. The van der Waals surface area contributed by atoms with Crippen molar-refractivity contribution < 1.29 is 8.42 Å². The molecule has 0 fully saturated rings. The van der Waals surface area contributed by atoms with Gasteiger partial charge in [0.25, 0.3) is 9.24 Å². The first-order chi connectivity index (χ1) is 3.98. The van der Waals surface area contributed by atoms with Gasteiger partial charge in [0.2, 0.25) is 0 Å². The van der Waals surface area contributed by atoms with Crippen LogP contribution in [-0.4, -0.2) is 32.2 Å². The van der Waals surface area contributed by atoms with Gasteiger partial charge in [0, 0.05) is 30.2 Å². The van der Waals surface area contributed by atoms with Crippen LogP contribution in [-0.2, 0) is 9.24 Å². The fourth-order valence-corrected chi connectivity index (χ4v) is 1.10. The summed E-state index contributed by atoms with van der Waals surface area (Å²) in [5.74, 6) is 0.252. The summed E-state index contributed by atoms with van der Waals surface area (Å²) in [5.41, 5.74) is 0. The minimum atomic E-state index is -3.54. The first-order valence-corrected chi connectivity index (χ1v) is 5.00. The van der Waals surface area contributed by atoms with Crippen molar-refractivity contribution in [1.29, 1.82) is 0 Å². The molecule has 0 radical (unpaired) electrons. The molecular weight excluding hydrogens is 185 g/mol. The molecule has 0 saturated heterocycles. The normalized spacial score (nSPS) is 12.4. The molecule has 0 N–H and O–H groups in total. The maximum Gasteiger partial charge on any atom is 0.299 e.